The first-order chi connectivity index (χ1) is 18.2. The Kier molecular flexibility index (Phi) is 7.86. The number of rotatable bonds is 8. The maximum Gasteiger partial charge on any atom is 0.360 e. The van der Waals surface area contributed by atoms with E-state index < -0.39 is 11.5 Å². The largest absolute Gasteiger partial charge is 0.508 e. The van der Waals surface area contributed by atoms with Gasteiger partial charge in [-0.15, -0.1) is 0 Å². The number of aryl methyl sites for hydroxylation is 1. The van der Waals surface area contributed by atoms with E-state index in [1.807, 2.05) is 57.2 Å². The maximum absolute atomic E-state index is 12.9. The van der Waals surface area contributed by atoms with Crippen LogP contribution in [0.15, 0.2) is 75.5 Å². The zero-order valence-corrected chi connectivity index (χ0v) is 22.2. The molecule has 0 bridgehead atoms. The summed E-state index contributed by atoms with van der Waals surface area (Å²) in [5.74, 6) is 0.956. The predicted molar refractivity (Wildman–Crippen MR) is 149 cm³/mol. The molecule has 0 aliphatic heterocycles. The van der Waals surface area contributed by atoms with Crippen molar-refractivity contribution in [3.63, 3.8) is 0 Å². The van der Waals surface area contributed by atoms with Gasteiger partial charge in [0.1, 0.15) is 17.0 Å². The first kappa shape index (κ1) is 26.5. The highest BCUT2D eigenvalue weighted by molar-refractivity contribution is 6.05. The standard InChI is InChI=1S/C31H31NO6/c1-18(2)6-8-22-16-24(11-12-26(22)33)30(34)32-25-17-23-10-9-21(19(3)29(23)38-31(25)35)14-20-7-13-27(36-4)28(15-20)37-5/h6-7,9-13,15-17,33H,8,14H2,1-5H3,(H,32,34). The summed E-state index contributed by atoms with van der Waals surface area (Å²) in [7, 11) is 3.19. The molecule has 0 aliphatic carbocycles. The van der Waals surface area contributed by atoms with Gasteiger partial charge in [0.15, 0.2) is 11.5 Å². The van der Waals surface area contributed by atoms with Crippen molar-refractivity contribution in [3.05, 3.63) is 104 Å². The average Bonchev–Trinajstić information content (AvgIpc) is 2.90. The van der Waals surface area contributed by atoms with Crippen LogP contribution in [0.1, 0.15) is 46.5 Å². The van der Waals surface area contributed by atoms with Gasteiger partial charge in [-0.1, -0.05) is 29.8 Å². The number of carbonyl (C=O) groups excluding carboxylic acids is 1. The molecule has 0 radical (unpaired) electrons. The Morgan fingerprint density at radius 3 is 2.45 bits per heavy atom. The zero-order chi connectivity index (χ0) is 27.4. The van der Waals surface area contributed by atoms with Gasteiger partial charge < -0.3 is 24.3 Å². The van der Waals surface area contributed by atoms with Crippen LogP contribution in [0, 0.1) is 6.92 Å². The summed E-state index contributed by atoms with van der Waals surface area (Å²) >= 11 is 0. The van der Waals surface area contributed by atoms with E-state index >= 15 is 0 Å². The number of nitrogens with one attached hydrogen (secondary N) is 1. The van der Waals surface area contributed by atoms with Crippen molar-refractivity contribution in [1.29, 1.82) is 0 Å². The number of hydrogen-bond donors (Lipinski definition) is 2. The van der Waals surface area contributed by atoms with Crippen LogP contribution in [-0.4, -0.2) is 25.2 Å². The molecule has 4 rings (SSSR count). The number of amides is 1. The summed E-state index contributed by atoms with van der Waals surface area (Å²) in [6.45, 7) is 5.84. The van der Waals surface area contributed by atoms with E-state index in [9.17, 15) is 14.7 Å². The minimum atomic E-state index is -0.638. The molecule has 0 aliphatic rings. The third-order valence-corrected chi connectivity index (χ3v) is 6.43. The normalized spacial score (nSPS) is 10.8. The second-order valence-corrected chi connectivity index (χ2v) is 9.36. The first-order valence-electron chi connectivity index (χ1n) is 12.2. The van der Waals surface area contributed by atoms with Crippen molar-refractivity contribution < 1.29 is 23.8 Å². The molecule has 4 aromatic rings. The number of fused-ring (bicyclic) bond motifs is 1. The lowest BCUT2D eigenvalue weighted by Crippen LogP contribution is -2.18. The maximum atomic E-state index is 12.9. The lowest BCUT2D eigenvalue weighted by molar-refractivity contribution is 0.102. The number of methoxy groups -OCH3 is 2. The lowest BCUT2D eigenvalue weighted by atomic mass is 9.98. The second kappa shape index (κ2) is 11.3. The summed E-state index contributed by atoms with van der Waals surface area (Å²) in [6, 6.07) is 15.8. The molecule has 7 heteroatoms. The number of benzene rings is 3. The Balaban J connectivity index is 1.59. The van der Waals surface area contributed by atoms with Gasteiger partial charge in [-0.3, -0.25) is 4.79 Å². The summed E-state index contributed by atoms with van der Waals surface area (Å²) in [5, 5.41) is 13.5. The van der Waals surface area contributed by atoms with E-state index in [1.165, 1.54) is 12.1 Å². The van der Waals surface area contributed by atoms with Crippen LogP contribution in [0.4, 0.5) is 5.69 Å². The number of hydrogen-bond acceptors (Lipinski definition) is 6. The number of allylic oxidation sites excluding steroid dienone is 2. The number of aromatic hydroxyl groups is 1. The molecule has 196 valence electrons. The summed E-state index contributed by atoms with van der Waals surface area (Å²) in [5.41, 5.74) is 4.81. The molecule has 7 nitrogen and oxygen atoms in total. The Hall–Kier alpha value is -4.52. The highest BCUT2D eigenvalue weighted by atomic mass is 16.5. The first-order valence-corrected chi connectivity index (χ1v) is 12.2. The molecule has 0 saturated carbocycles. The quantitative estimate of drug-likeness (QED) is 0.216. The molecular formula is C31H31NO6. The van der Waals surface area contributed by atoms with Crippen LogP contribution in [0.2, 0.25) is 0 Å². The molecule has 38 heavy (non-hydrogen) atoms. The number of ether oxygens (including phenoxy) is 2. The molecule has 1 heterocycles. The van der Waals surface area contributed by atoms with Gasteiger partial charge in [-0.05, 0) is 92.3 Å². The fraction of sp³-hybridized carbons (Fsp3) is 0.226. The van der Waals surface area contributed by atoms with Gasteiger partial charge in [0.05, 0.1) is 14.2 Å². The van der Waals surface area contributed by atoms with Crippen molar-refractivity contribution in [3.8, 4) is 17.2 Å². The van der Waals surface area contributed by atoms with Crippen molar-refractivity contribution >= 4 is 22.6 Å². The van der Waals surface area contributed by atoms with Crippen LogP contribution in [0.5, 0.6) is 17.2 Å². The van der Waals surface area contributed by atoms with E-state index in [4.69, 9.17) is 13.9 Å². The van der Waals surface area contributed by atoms with Crippen LogP contribution >= 0.6 is 0 Å². The van der Waals surface area contributed by atoms with Gasteiger partial charge >= 0.3 is 5.63 Å². The molecule has 0 spiro atoms. The van der Waals surface area contributed by atoms with Gasteiger partial charge in [-0.25, -0.2) is 4.79 Å². The third kappa shape index (κ3) is 5.72. The Bertz CT molecular complexity index is 1590. The second-order valence-electron chi connectivity index (χ2n) is 9.36. The lowest BCUT2D eigenvalue weighted by Gasteiger charge is -2.12. The van der Waals surface area contributed by atoms with Crippen molar-refractivity contribution in [2.45, 2.75) is 33.6 Å². The molecule has 1 amide bonds. The number of phenols is 1. The third-order valence-electron chi connectivity index (χ3n) is 6.43. The predicted octanol–water partition coefficient (Wildman–Crippen LogP) is 6.18. The molecule has 0 unspecified atom stereocenters. The van der Waals surface area contributed by atoms with Gasteiger partial charge in [0, 0.05) is 10.9 Å². The Morgan fingerprint density at radius 1 is 0.974 bits per heavy atom. The minimum Gasteiger partial charge on any atom is -0.508 e. The highest BCUT2D eigenvalue weighted by Gasteiger charge is 2.15. The highest BCUT2D eigenvalue weighted by Crippen LogP contribution is 2.30. The van der Waals surface area contributed by atoms with E-state index in [-0.39, 0.29) is 11.4 Å². The van der Waals surface area contributed by atoms with E-state index in [0.717, 1.165) is 22.3 Å². The molecule has 1 aromatic heterocycles. The fourth-order valence-corrected chi connectivity index (χ4v) is 4.25. The summed E-state index contributed by atoms with van der Waals surface area (Å²) in [4.78, 5) is 25.7. The van der Waals surface area contributed by atoms with Crippen LogP contribution in [0.25, 0.3) is 11.0 Å². The number of anilines is 1. The molecular weight excluding hydrogens is 482 g/mol. The van der Waals surface area contributed by atoms with E-state index in [2.05, 4.69) is 5.32 Å². The average molecular weight is 514 g/mol. The van der Waals surface area contributed by atoms with Crippen LogP contribution in [-0.2, 0) is 12.8 Å². The van der Waals surface area contributed by atoms with Crippen molar-refractivity contribution in [1.82, 2.24) is 0 Å². The number of phenolic OH excluding ortho intramolecular Hbond substituents is 1. The molecule has 0 saturated heterocycles. The van der Waals surface area contributed by atoms with Gasteiger partial charge in [0.2, 0.25) is 0 Å². The van der Waals surface area contributed by atoms with Crippen LogP contribution in [0.3, 0.4) is 0 Å². The number of carbonyl (C=O) groups is 1. The summed E-state index contributed by atoms with van der Waals surface area (Å²) in [6.07, 6.45) is 3.08. The molecule has 3 aromatic carbocycles. The fourth-order valence-electron chi connectivity index (χ4n) is 4.25. The van der Waals surface area contributed by atoms with Crippen LogP contribution < -0.4 is 20.4 Å². The van der Waals surface area contributed by atoms with Crippen molar-refractivity contribution in [2.75, 3.05) is 19.5 Å². The SMILES string of the molecule is COc1ccc(Cc2ccc3cc(NC(=O)c4ccc(O)c(CC=C(C)C)c4)c(=O)oc3c2C)cc1OC. The topological polar surface area (TPSA) is 98.0 Å². The smallest absolute Gasteiger partial charge is 0.360 e. The molecule has 0 fully saturated rings. The van der Waals surface area contributed by atoms with E-state index in [1.54, 1.807) is 26.4 Å². The molecule has 2 N–H and O–H groups in total. The Labute approximate surface area is 221 Å². The zero-order valence-electron chi connectivity index (χ0n) is 22.2. The van der Waals surface area contributed by atoms with Gasteiger partial charge in [-0.2, -0.15) is 0 Å². The minimum absolute atomic E-state index is 0.0495. The van der Waals surface area contributed by atoms with Gasteiger partial charge in [0.25, 0.3) is 5.91 Å². The Morgan fingerprint density at radius 2 is 1.74 bits per heavy atom. The van der Waals surface area contributed by atoms with E-state index in [0.29, 0.717) is 46.4 Å². The van der Waals surface area contributed by atoms with Crippen molar-refractivity contribution in [2.24, 2.45) is 0 Å². The summed E-state index contributed by atoms with van der Waals surface area (Å²) < 4.78 is 16.4. The monoisotopic (exact) mass is 513 g/mol. The molecule has 0 atom stereocenters.